The third-order valence-corrected chi connectivity index (χ3v) is 5.49. The third kappa shape index (κ3) is 13.2. The smallest absolute Gasteiger partial charge is 0.326 e. The molecule has 17 heteroatoms. The fourth-order valence-corrected chi connectivity index (χ4v) is 3.43. The molecule has 0 radical (unpaired) electrons. The number of nitrogens with one attached hydrogen (secondary N) is 4. The second kappa shape index (κ2) is 17.3. The van der Waals surface area contributed by atoms with E-state index in [1.165, 1.54) is 12.5 Å². The van der Waals surface area contributed by atoms with Gasteiger partial charge in [0, 0.05) is 24.9 Å². The summed E-state index contributed by atoms with van der Waals surface area (Å²) >= 11 is 0. The molecule has 0 aliphatic heterocycles. The monoisotopic (exact) mass is 554 g/mol. The molecule has 0 aromatic carbocycles. The van der Waals surface area contributed by atoms with Crippen molar-refractivity contribution in [1.82, 2.24) is 25.9 Å². The van der Waals surface area contributed by atoms with Crippen LogP contribution < -0.4 is 38.9 Å². The van der Waals surface area contributed by atoms with Crippen molar-refractivity contribution in [2.75, 3.05) is 13.1 Å². The van der Waals surface area contributed by atoms with Crippen molar-refractivity contribution < 1.29 is 34.2 Å². The van der Waals surface area contributed by atoms with Crippen LogP contribution in [0.1, 0.15) is 44.2 Å². The van der Waals surface area contributed by atoms with Crippen LogP contribution in [0.2, 0.25) is 0 Å². The van der Waals surface area contributed by atoms with Crippen molar-refractivity contribution in [2.24, 2.45) is 27.9 Å². The molecule has 0 fully saturated rings. The minimum atomic E-state index is -1.57. The highest BCUT2D eigenvalue weighted by Gasteiger charge is 2.31. The largest absolute Gasteiger partial charge is 0.481 e. The lowest BCUT2D eigenvalue weighted by Crippen LogP contribution is -2.58. The number of carboxylic acids is 2. The summed E-state index contributed by atoms with van der Waals surface area (Å²) in [5.41, 5.74) is 22.2. The summed E-state index contributed by atoms with van der Waals surface area (Å²) in [6.07, 6.45) is 3.45. The van der Waals surface area contributed by atoms with E-state index in [9.17, 15) is 34.2 Å². The lowest BCUT2D eigenvalue weighted by molar-refractivity contribution is -0.143. The molecule has 39 heavy (non-hydrogen) atoms. The summed E-state index contributed by atoms with van der Waals surface area (Å²) in [7, 11) is 0. The maximum absolute atomic E-state index is 13.0. The molecule has 1 heterocycles. The summed E-state index contributed by atoms with van der Waals surface area (Å²) in [6.45, 7) is 0.575. The Morgan fingerprint density at radius 3 is 2.13 bits per heavy atom. The molecule has 1 aromatic rings. The van der Waals surface area contributed by atoms with Gasteiger partial charge in [0.2, 0.25) is 17.7 Å². The number of aliphatic imine (C=N–C) groups is 1. The van der Waals surface area contributed by atoms with Crippen LogP contribution in [0.3, 0.4) is 0 Å². The van der Waals surface area contributed by atoms with E-state index in [0.29, 0.717) is 31.5 Å². The predicted octanol–water partition coefficient (Wildman–Crippen LogP) is -3.52. The zero-order valence-electron chi connectivity index (χ0n) is 21.5. The Morgan fingerprint density at radius 1 is 0.923 bits per heavy atom. The summed E-state index contributed by atoms with van der Waals surface area (Å²) < 4.78 is 0. The fraction of sp³-hybridized carbons (Fsp3) is 0.591. The normalized spacial score (nSPS) is 13.8. The number of hydrogen-bond donors (Lipinski definition) is 10. The number of aliphatic carboxylic acids is 2. The van der Waals surface area contributed by atoms with Crippen molar-refractivity contribution in [3.05, 3.63) is 18.2 Å². The van der Waals surface area contributed by atoms with Crippen LogP contribution >= 0.6 is 0 Å². The molecule has 0 aliphatic rings. The van der Waals surface area contributed by atoms with E-state index < -0.39 is 60.2 Å². The number of amides is 3. The Kier molecular flexibility index (Phi) is 14.5. The Hall–Kier alpha value is -4.25. The summed E-state index contributed by atoms with van der Waals surface area (Å²) in [6, 6.07) is -5.22. The van der Waals surface area contributed by atoms with Crippen LogP contribution in [-0.2, 0) is 30.4 Å². The lowest BCUT2D eigenvalue weighted by atomic mass is 10.1. The summed E-state index contributed by atoms with van der Waals surface area (Å²) in [5, 5.41) is 25.9. The number of nitrogens with zero attached hydrogens (tertiary/aromatic N) is 2. The number of unbranched alkanes of at least 4 members (excludes halogenated alkanes) is 1. The fourth-order valence-electron chi connectivity index (χ4n) is 3.43. The number of imidazole rings is 1. The van der Waals surface area contributed by atoms with Crippen LogP contribution in [0.25, 0.3) is 0 Å². The number of hydrogen-bond acceptors (Lipinski definition) is 9. The molecule has 4 unspecified atom stereocenters. The number of carbonyl (C=O) groups excluding carboxylic acids is 3. The van der Waals surface area contributed by atoms with Gasteiger partial charge in [-0.1, -0.05) is 0 Å². The first-order valence-electron chi connectivity index (χ1n) is 12.3. The molecular formula is C22H38N10O7. The average Bonchev–Trinajstić information content (AvgIpc) is 3.37. The van der Waals surface area contributed by atoms with Gasteiger partial charge in [-0.25, -0.2) is 9.78 Å². The number of rotatable bonds is 19. The highest BCUT2D eigenvalue weighted by atomic mass is 16.4. The number of H-pyrrole nitrogens is 1. The minimum Gasteiger partial charge on any atom is -0.481 e. The number of nitrogens with two attached hydrogens (primary N) is 4. The van der Waals surface area contributed by atoms with Gasteiger partial charge in [0.05, 0.1) is 18.8 Å². The molecule has 0 saturated carbocycles. The molecule has 4 atom stereocenters. The Labute approximate surface area is 224 Å². The SMILES string of the molecule is NCCCCC(NC(=O)C(Cc1cnc[nH]1)NC(=O)C(CC(=O)O)NC(=O)C(N)CCCN=C(N)N)C(=O)O. The molecular weight excluding hydrogens is 516 g/mol. The first kappa shape index (κ1) is 32.8. The number of carbonyl (C=O) groups is 5. The third-order valence-electron chi connectivity index (χ3n) is 5.49. The van der Waals surface area contributed by atoms with Gasteiger partial charge in [-0.3, -0.25) is 24.2 Å². The van der Waals surface area contributed by atoms with E-state index in [0.717, 1.165) is 0 Å². The van der Waals surface area contributed by atoms with E-state index in [2.05, 4.69) is 30.9 Å². The molecule has 0 aliphatic carbocycles. The van der Waals surface area contributed by atoms with Crippen LogP contribution in [0, 0.1) is 0 Å². The van der Waals surface area contributed by atoms with Gasteiger partial charge < -0.3 is 54.1 Å². The van der Waals surface area contributed by atoms with Crippen LogP contribution in [0.15, 0.2) is 17.5 Å². The first-order chi connectivity index (χ1) is 18.4. The van der Waals surface area contributed by atoms with Crippen molar-refractivity contribution >= 4 is 35.6 Å². The van der Waals surface area contributed by atoms with E-state index >= 15 is 0 Å². The predicted molar refractivity (Wildman–Crippen MR) is 139 cm³/mol. The molecule has 17 nitrogen and oxygen atoms in total. The summed E-state index contributed by atoms with van der Waals surface area (Å²) in [4.78, 5) is 72.0. The second-order valence-corrected chi connectivity index (χ2v) is 8.74. The molecule has 218 valence electrons. The number of guanidine groups is 1. The van der Waals surface area contributed by atoms with Gasteiger partial charge >= 0.3 is 11.9 Å². The van der Waals surface area contributed by atoms with Crippen molar-refractivity contribution in [1.29, 1.82) is 0 Å². The van der Waals surface area contributed by atoms with E-state index in [4.69, 9.17) is 22.9 Å². The Bertz CT molecular complexity index is 982. The number of aromatic amines is 1. The Balaban J connectivity index is 2.98. The molecule has 14 N–H and O–H groups in total. The molecule has 1 rings (SSSR count). The van der Waals surface area contributed by atoms with Crippen molar-refractivity contribution in [3.63, 3.8) is 0 Å². The quantitative estimate of drug-likeness (QED) is 0.0452. The van der Waals surface area contributed by atoms with E-state index in [1.54, 1.807) is 0 Å². The first-order valence-corrected chi connectivity index (χ1v) is 12.3. The number of carboxylic acid groups (broad SMARTS) is 2. The zero-order valence-corrected chi connectivity index (χ0v) is 21.5. The molecule has 1 aromatic heterocycles. The van der Waals surface area contributed by atoms with E-state index in [1.807, 2.05) is 0 Å². The van der Waals surface area contributed by atoms with Gasteiger partial charge in [-0.2, -0.15) is 0 Å². The maximum Gasteiger partial charge on any atom is 0.326 e. The van der Waals surface area contributed by atoms with Crippen LogP contribution in [-0.4, -0.2) is 93.1 Å². The highest BCUT2D eigenvalue weighted by Crippen LogP contribution is 2.06. The highest BCUT2D eigenvalue weighted by molar-refractivity contribution is 5.95. The van der Waals surface area contributed by atoms with E-state index in [-0.39, 0.29) is 31.8 Å². The number of aromatic nitrogens is 2. The van der Waals surface area contributed by atoms with Crippen molar-refractivity contribution in [3.8, 4) is 0 Å². The summed E-state index contributed by atoms with van der Waals surface area (Å²) in [5.74, 6) is -5.37. The van der Waals surface area contributed by atoms with Gasteiger partial charge in [-0.05, 0) is 38.6 Å². The lowest BCUT2D eigenvalue weighted by Gasteiger charge is -2.24. The van der Waals surface area contributed by atoms with Gasteiger partial charge in [-0.15, -0.1) is 0 Å². The topological polar surface area (TPSA) is 307 Å². The molecule has 0 saturated heterocycles. The van der Waals surface area contributed by atoms with Gasteiger partial charge in [0.15, 0.2) is 5.96 Å². The van der Waals surface area contributed by atoms with Crippen LogP contribution in [0.4, 0.5) is 0 Å². The minimum absolute atomic E-state index is 0.113. The maximum atomic E-state index is 13.0. The molecule has 0 bridgehead atoms. The van der Waals surface area contributed by atoms with Crippen LogP contribution in [0.5, 0.6) is 0 Å². The average molecular weight is 555 g/mol. The zero-order chi connectivity index (χ0) is 29.4. The molecule has 0 spiro atoms. The second-order valence-electron chi connectivity index (χ2n) is 8.74. The Morgan fingerprint density at radius 2 is 1.56 bits per heavy atom. The standard InChI is InChI=1S/C22H38N10O7/c23-6-2-1-5-14(21(38)39)30-19(36)15(8-12-10-27-11-29-12)32-20(37)16(9-17(33)34)31-18(35)13(24)4-3-7-28-22(25)26/h10-11,13-16H,1-9,23-24H2,(H,27,29)(H,30,36)(H,31,35)(H,32,37)(H,33,34)(H,38,39)(H4,25,26,28). The van der Waals surface area contributed by atoms with Gasteiger partial charge in [0.1, 0.15) is 18.1 Å². The van der Waals surface area contributed by atoms with Gasteiger partial charge in [0.25, 0.3) is 0 Å². The van der Waals surface area contributed by atoms with Crippen molar-refractivity contribution in [2.45, 2.75) is 69.1 Å². The molecule has 3 amide bonds.